The highest BCUT2D eigenvalue weighted by molar-refractivity contribution is 5.31. The van der Waals surface area contributed by atoms with Gasteiger partial charge < -0.3 is 19.9 Å². The normalized spacial score (nSPS) is 10.3. The van der Waals surface area contributed by atoms with Gasteiger partial charge in [-0.3, -0.25) is 4.79 Å². The van der Waals surface area contributed by atoms with Crippen LogP contribution in [0.15, 0.2) is 29.1 Å². The van der Waals surface area contributed by atoms with Gasteiger partial charge in [0.05, 0.1) is 7.11 Å². The third kappa shape index (κ3) is 2.42. The molecule has 0 fully saturated rings. The molecular formula is C12H12N2O4. The molecule has 0 aliphatic carbocycles. The molecule has 2 aromatic rings. The Hall–Kier alpha value is -2.50. The number of aromatic hydroxyl groups is 2. The van der Waals surface area contributed by atoms with Crippen LogP contribution in [-0.2, 0) is 6.42 Å². The topological polar surface area (TPSA) is 95.4 Å². The van der Waals surface area contributed by atoms with Crippen LogP contribution in [0.1, 0.15) is 11.4 Å². The number of methoxy groups -OCH3 is 1. The summed E-state index contributed by atoms with van der Waals surface area (Å²) in [6.07, 6.45) is 0.340. The smallest absolute Gasteiger partial charge is 0.297 e. The van der Waals surface area contributed by atoms with E-state index in [9.17, 15) is 9.90 Å². The Bertz CT molecular complexity index is 604. The van der Waals surface area contributed by atoms with Gasteiger partial charge >= 0.3 is 0 Å². The van der Waals surface area contributed by atoms with Crippen LogP contribution in [0.2, 0.25) is 0 Å². The van der Waals surface area contributed by atoms with E-state index in [0.717, 1.165) is 11.3 Å². The zero-order valence-electron chi connectivity index (χ0n) is 9.67. The number of rotatable bonds is 3. The minimum atomic E-state index is -0.770. The van der Waals surface area contributed by atoms with Crippen molar-refractivity contribution >= 4 is 0 Å². The van der Waals surface area contributed by atoms with E-state index < -0.39 is 17.2 Å². The standard InChI is InChI=1S/C12H12N2O4/c1-18-8-4-2-7(3-5-8)6-9-13-11(16)10(15)12(17)14-9/h2-5,15H,6H2,1H3,(H2,13,14,16,17). The predicted molar refractivity (Wildman–Crippen MR) is 64.0 cm³/mol. The lowest BCUT2D eigenvalue weighted by Gasteiger charge is -2.04. The first-order chi connectivity index (χ1) is 8.60. The summed E-state index contributed by atoms with van der Waals surface area (Å²) in [5, 5.41) is 18.3. The maximum Gasteiger partial charge on any atom is 0.297 e. The van der Waals surface area contributed by atoms with Crippen molar-refractivity contribution in [3.8, 4) is 17.4 Å². The Morgan fingerprint density at radius 2 is 1.94 bits per heavy atom. The zero-order valence-corrected chi connectivity index (χ0v) is 9.67. The molecule has 1 aromatic carbocycles. The fourth-order valence-electron chi connectivity index (χ4n) is 1.52. The minimum Gasteiger partial charge on any atom is -0.499 e. The SMILES string of the molecule is COc1ccc(Cc2nc(O)c(O)c(=O)[nH]2)cc1. The van der Waals surface area contributed by atoms with Crippen LogP contribution >= 0.6 is 0 Å². The van der Waals surface area contributed by atoms with Crippen LogP contribution in [0, 0.1) is 0 Å². The number of nitrogens with zero attached hydrogens (tertiary/aromatic N) is 1. The Kier molecular flexibility index (Phi) is 3.18. The van der Waals surface area contributed by atoms with Crippen LogP contribution in [0.5, 0.6) is 17.4 Å². The van der Waals surface area contributed by atoms with Crippen molar-refractivity contribution in [2.24, 2.45) is 0 Å². The molecular weight excluding hydrogens is 236 g/mol. The molecule has 94 valence electrons. The van der Waals surface area contributed by atoms with Gasteiger partial charge in [0.25, 0.3) is 11.4 Å². The van der Waals surface area contributed by atoms with Crippen molar-refractivity contribution in [3.63, 3.8) is 0 Å². The van der Waals surface area contributed by atoms with Crippen molar-refractivity contribution in [1.82, 2.24) is 9.97 Å². The summed E-state index contributed by atoms with van der Waals surface area (Å²) in [7, 11) is 1.58. The summed E-state index contributed by atoms with van der Waals surface area (Å²) in [4.78, 5) is 17.3. The monoisotopic (exact) mass is 248 g/mol. The van der Waals surface area contributed by atoms with E-state index in [1.165, 1.54) is 0 Å². The average molecular weight is 248 g/mol. The molecule has 0 saturated carbocycles. The number of nitrogens with one attached hydrogen (secondary N) is 1. The van der Waals surface area contributed by atoms with Crippen LogP contribution in [-0.4, -0.2) is 27.3 Å². The Morgan fingerprint density at radius 3 is 2.50 bits per heavy atom. The fraction of sp³-hybridized carbons (Fsp3) is 0.167. The second-order valence-corrected chi connectivity index (χ2v) is 3.71. The van der Waals surface area contributed by atoms with Gasteiger partial charge in [-0.2, -0.15) is 4.98 Å². The van der Waals surface area contributed by atoms with Crippen molar-refractivity contribution in [1.29, 1.82) is 0 Å². The molecule has 0 saturated heterocycles. The Balaban J connectivity index is 2.25. The first kappa shape index (κ1) is 12.0. The van der Waals surface area contributed by atoms with Gasteiger partial charge in [0.15, 0.2) is 0 Å². The van der Waals surface area contributed by atoms with Crippen LogP contribution in [0.3, 0.4) is 0 Å². The number of H-pyrrole nitrogens is 1. The number of aromatic amines is 1. The van der Waals surface area contributed by atoms with E-state index >= 15 is 0 Å². The quantitative estimate of drug-likeness (QED) is 0.746. The largest absolute Gasteiger partial charge is 0.499 e. The molecule has 0 aliphatic heterocycles. The first-order valence-corrected chi connectivity index (χ1v) is 5.24. The molecule has 0 radical (unpaired) electrons. The van der Waals surface area contributed by atoms with Gasteiger partial charge in [0.1, 0.15) is 11.6 Å². The van der Waals surface area contributed by atoms with Crippen LogP contribution < -0.4 is 10.3 Å². The molecule has 0 aliphatic rings. The van der Waals surface area contributed by atoms with Crippen molar-refractivity contribution in [2.75, 3.05) is 7.11 Å². The number of hydrogen-bond acceptors (Lipinski definition) is 5. The summed E-state index contributed by atoms with van der Waals surface area (Å²) < 4.78 is 5.03. The number of aromatic nitrogens is 2. The molecule has 1 aromatic heterocycles. The Labute approximate surface area is 103 Å². The highest BCUT2D eigenvalue weighted by Crippen LogP contribution is 2.17. The van der Waals surface area contributed by atoms with Crippen LogP contribution in [0.4, 0.5) is 0 Å². The molecule has 18 heavy (non-hydrogen) atoms. The number of ether oxygens (including phenoxy) is 1. The van der Waals surface area contributed by atoms with E-state index in [2.05, 4.69) is 9.97 Å². The minimum absolute atomic E-state index is 0.278. The molecule has 1 heterocycles. The maximum atomic E-state index is 11.2. The van der Waals surface area contributed by atoms with Crippen molar-refractivity contribution < 1.29 is 14.9 Å². The number of hydrogen-bond donors (Lipinski definition) is 3. The lowest BCUT2D eigenvalue weighted by atomic mass is 10.1. The summed E-state index contributed by atoms with van der Waals surface area (Å²) in [6.45, 7) is 0. The highest BCUT2D eigenvalue weighted by atomic mass is 16.5. The molecule has 2 rings (SSSR count). The van der Waals surface area contributed by atoms with Crippen molar-refractivity contribution in [2.45, 2.75) is 6.42 Å². The van der Waals surface area contributed by atoms with E-state index in [0.29, 0.717) is 6.42 Å². The lowest BCUT2D eigenvalue weighted by molar-refractivity contribution is 0.379. The molecule has 0 spiro atoms. The fourth-order valence-corrected chi connectivity index (χ4v) is 1.52. The Morgan fingerprint density at radius 1 is 1.28 bits per heavy atom. The molecule has 6 nitrogen and oxygen atoms in total. The first-order valence-electron chi connectivity index (χ1n) is 5.24. The van der Waals surface area contributed by atoms with Gasteiger partial charge in [-0.1, -0.05) is 12.1 Å². The molecule has 6 heteroatoms. The summed E-state index contributed by atoms with van der Waals surface area (Å²) in [5.41, 5.74) is 0.134. The van der Waals surface area contributed by atoms with Gasteiger partial charge in [0.2, 0.25) is 5.75 Å². The third-order valence-corrected chi connectivity index (χ3v) is 2.46. The molecule has 0 amide bonds. The second kappa shape index (κ2) is 4.79. The van der Waals surface area contributed by atoms with Crippen molar-refractivity contribution in [3.05, 3.63) is 46.0 Å². The zero-order chi connectivity index (χ0) is 13.1. The molecule has 0 unspecified atom stereocenters. The van der Waals surface area contributed by atoms with E-state index in [-0.39, 0.29) is 5.82 Å². The van der Waals surface area contributed by atoms with Crippen LogP contribution in [0.25, 0.3) is 0 Å². The van der Waals surface area contributed by atoms with E-state index in [4.69, 9.17) is 9.84 Å². The summed E-state index contributed by atoms with van der Waals surface area (Å²) >= 11 is 0. The maximum absolute atomic E-state index is 11.2. The van der Waals surface area contributed by atoms with Gasteiger partial charge in [-0.05, 0) is 17.7 Å². The average Bonchev–Trinajstić information content (AvgIpc) is 2.37. The van der Waals surface area contributed by atoms with E-state index in [1.807, 2.05) is 12.1 Å². The summed E-state index contributed by atoms with van der Waals surface area (Å²) in [5.74, 6) is -0.426. The van der Waals surface area contributed by atoms with E-state index in [1.54, 1.807) is 19.2 Å². The molecule has 3 N–H and O–H groups in total. The predicted octanol–water partition coefficient (Wildman–Crippen LogP) is 0.780. The van der Waals surface area contributed by atoms with Gasteiger partial charge in [0, 0.05) is 6.42 Å². The van der Waals surface area contributed by atoms with Gasteiger partial charge in [-0.15, -0.1) is 0 Å². The number of benzene rings is 1. The molecule has 0 atom stereocenters. The second-order valence-electron chi connectivity index (χ2n) is 3.71. The molecule has 0 bridgehead atoms. The summed E-state index contributed by atoms with van der Waals surface area (Å²) in [6, 6.07) is 7.22. The highest BCUT2D eigenvalue weighted by Gasteiger charge is 2.09. The third-order valence-electron chi connectivity index (χ3n) is 2.46. The van der Waals surface area contributed by atoms with Gasteiger partial charge in [-0.25, -0.2) is 0 Å². The lowest BCUT2D eigenvalue weighted by Crippen LogP contribution is -2.11.